The van der Waals surface area contributed by atoms with Crippen LogP contribution in [0.25, 0.3) is 0 Å². The summed E-state index contributed by atoms with van der Waals surface area (Å²) in [6, 6.07) is 0. The molecule has 0 spiro atoms. The zero-order chi connectivity index (χ0) is 10.6. The van der Waals surface area contributed by atoms with E-state index in [1.165, 1.54) is 10.6 Å². The average Bonchev–Trinajstić information content (AvgIpc) is 2.14. The summed E-state index contributed by atoms with van der Waals surface area (Å²) < 4.78 is 29.5. The molecule has 1 N–H and O–H groups in total. The monoisotopic (exact) mass is 222 g/mol. The Kier molecular flexibility index (Phi) is 4.31. The minimum absolute atomic E-state index is 0.0333. The summed E-state index contributed by atoms with van der Waals surface area (Å²) in [7, 11) is -1.18. The SMILES string of the molecule is CNCCC1CN(S(C)(=O)=O)CCO1. The van der Waals surface area contributed by atoms with Gasteiger partial charge in [-0.3, -0.25) is 0 Å². The van der Waals surface area contributed by atoms with Gasteiger partial charge in [0.2, 0.25) is 10.0 Å². The number of nitrogens with zero attached hydrogens (tertiary/aromatic N) is 1. The molecule has 0 aromatic rings. The van der Waals surface area contributed by atoms with Crippen molar-refractivity contribution >= 4 is 10.0 Å². The van der Waals surface area contributed by atoms with Crippen LogP contribution in [0.4, 0.5) is 0 Å². The second kappa shape index (κ2) is 5.06. The summed E-state index contributed by atoms with van der Waals surface area (Å²) in [6.45, 7) is 2.32. The standard InChI is InChI=1S/C8H18N2O3S/c1-9-4-3-8-7-10(5-6-13-8)14(2,11)12/h8-9H,3-7H2,1-2H3. The molecule has 0 aromatic heterocycles. The Morgan fingerprint density at radius 3 is 2.86 bits per heavy atom. The summed E-state index contributed by atoms with van der Waals surface area (Å²) in [4.78, 5) is 0. The van der Waals surface area contributed by atoms with Gasteiger partial charge in [-0.05, 0) is 20.0 Å². The summed E-state index contributed by atoms with van der Waals surface area (Å²) in [5, 5.41) is 3.02. The van der Waals surface area contributed by atoms with Gasteiger partial charge >= 0.3 is 0 Å². The van der Waals surface area contributed by atoms with E-state index in [9.17, 15) is 8.42 Å². The maximum Gasteiger partial charge on any atom is 0.211 e. The van der Waals surface area contributed by atoms with Crippen LogP contribution in [0.3, 0.4) is 0 Å². The molecule has 6 heteroatoms. The van der Waals surface area contributed by atoms with Gasteiger partial charge in [0.15, 0.2) is 0 Å². The van der Waals surface area contributed by atoms with Crippen molar-refractivity contribution in [2.45, 2.75) is 12.5 Å². The summed E-state index contributed by atoms with van der Waals surface area (Å²) in [5.74, 6) is 0. The Morgan fingerprint density at radius 1 is 1.57 bits per heavy atom. The van der Waals surface area contributed by atoms with E-state index in [-0.39, 0.29) is 6.10 Å². The molecule has 1 aliphatic heterocycles. The summed E-state index contributed by atoms with van der Waals surface area (Å²) in [6.07, 6.45) is 2.13. The van der Waals surface area contributed by atoms with E-state index in [0.717, 1.165) is 13.0 Å². The smallest absolute Gasteiger partial charge is 0.211 e. The van der Waals surface area contributed by atoms with E-state index in [1.54, 1.807) is 0 Å². The quantitative estimate of drug-likeness (QED) is 0.680. The van der Waals surface area contributed by atoms with Crippen LogP contribution >= 0.6 is 0 Å². The molecule has 1 heterocycles. The number of sulfonamides is 1. The average molecular weight is 222 g/mol. The Balaban J connectivity index is 2.44. The zero-order valence-corrected chi connectivity index (χ0v) is 9.51. The first kappa shape index (κ1) is 11.9. The zero-order valence-electron chi connectivity index (χ0n) is 8.69. The van der Waals surface area contributed by atoms with Crippen LogP contribution in [0.5, 0.6) is 0 Å². The minimum atomic E-state index is -3.05. The first-order valence-corrected chi connectivity index (χ1v) is 6.60. The number of rotatable bonds is 4. The molecule has 1 rings (SSSR count). The molecule has 1 saturated heterocycles. The first-order valence-electron chi connectivity index (χ1n) is 4.75. The lowest BCUT2D eigenvalue weighted by Crippen LogP contribution is -2.45. The fourth-order valence-corrected chi connectivity index (χ4v) is 2.32. The molecule has 14 heavy (non-hydrogen) atoms. The second-order valence-electron chi connectivity index (χ2n) is 3.51. The third-order valence-electron chi connectivity index (χ3n) is 2.29. The van der Waals surface area contributed by atoms with Gasteiger partial charge in [0.1, 0.15) is 0 Å². The van der Waals surface area contributed by atoms with Crippen molar-refractivity contribution in [2.24, 2.45) is 0 Å². The normalized spacial score (nSPS) is 25.1. The van der Waals surface area contributed by atoms with Crippen LogP contribution in [0.15, 0.2) is 0 Å². The lowest BCUT2D eigenvalue weighted by molar-refractivity contribution is -0.00472. The van der Waals surface area contributed by atoms with Crippen LogP contribution in [0.2, 0.25) is 0 Å². The molecule has 0 aliphatic carbocycles. The molecule has 0 saturated carbocycles. The lowest BCUT2D eigenvalue weighted by Gasteiger charge is -2.31. The van der Waals surface area contributed by atoms with Gasteiger partial charge in [0.05, 0.1) is 19.0 Å². The first-order chi connectivity index (χ1) is 6.54. The molecule has 0 radical (unpaired) electrons. The van der Waals surface area contributed by atoms with Gasteiger partial charge in [-0.2, -0.15) is 4.31 Å². The molecule has 1 fully saturated rings. The van der Waals surface area contributed by atoms with E-state index < -0.39 is 10.0 Å². The predicted molar refractivity (Wildman–Crippen MR) is 54.7 cm³/mol. The van der Waals surface area contributed by atoms with Gasteiger partial charge in [-0.25, -0.2) is 8.42 Å². The Labute approximate surface area is 85.5 Å². The van der Waals surface area contributed by atoms with E-state index in [4.69, 9.17) is 4.74 Å². The molecular formula is C8H18N2O3S. The number of nitrogens with one attached hydrogen (secondary N) is 1. The molecule has 5 nitrogen and oxygen atoms in total. The van der Waals surface area contributed by atoms with Gasteiger partial charge in [0.25, 0.3) is 0 Å². The van der Waals surface area contributed by atoms with Crippen molar-refractivity contribution in [3.63, 3.8) is 0 Å². The summed E-state index contributed by atoms with van der Waals surface area (Å²) >= 11 is 0. The maximum atomic E-state index is 11.3. The highest BCUT2D eigenvalue weighted by Crippen LogP contribution is 2.10. The number of morpholine rings is 1. The van der Waals surface area contributed by atoms with Crippen LogP contribution in [-0.4, -0.2) is 58.4 Å². The molecule has 1 aliphatic rings. The molecular weight excluding hydrogens is 204 g/mol. The maximum absolute atomic E-state index is 11.3. The largest absolute Gasteiger partial charge is 0.375 e. The van der Waals surface area contributed by atoms with E-state index >= 15 is 0 Å². The van der Waals surface area contributed by atoms with Gasteiger partial charge in [0, 0.05) is 13.1 Å². The second-order valence-corrected chi connectivity index (χ2v) is 5.49. The minimum Gasteiger partial charge on any atom is -0.375 e. The van der Waals surface area contributed by atoms with E-state index in [2.05, 4.69) is 5.32 Å². The predicted octanol–water partition coefficient (Wildman–Crippen LogP) is -0.744. The van der Waals surface area contributed by atoms with Crippen molar-refractivity contribution in [1.82, 2.24) is 9.62 Å². The molecule has 1 atom stereocenters. The summed E-state index contributed by atoms with van der Waals surface area (Å²) in [5.41, 5.74) is 0. The topological polar surface area (TPSA) is 58.6 Å². The van der Waals surface area contributed by atoms with Crippen molar-refractivity contribution in [2.75, 3.05) is 39.5 Å². The van der Waals surface area contributed by atoms with Crippen molar-refractivity contribution in [3.05, 3.63) is 0 Å². The number of hydrogen-bond acceptors (Lipinski definition) is 4. The lowest BCUT2D eigenvalue weighted by atomic mass is 10.2. The fraction of sp³-hybridized carbons (Fsp3) is 1.00. The number of ether oxygens (including phenoxy) is 1. The van der Waals surface area contributed by atoms with Gasteiger partial charge < -0.3 is 10.1 Å². The van der Waals surface area contributed by atoms with Crippen LogP contribution < -0.4 is 5.32 Å². The van der Waals surface area contributed by atoms with Gasteiger partial charge in [-0.1, -0.05) is 0 Å². The molecule has 0 aromatic carbocycles. The Bertz CT molecular complexity index is 266. The number of hydrogen-bond donors (Lipinski definition) is 1. The van der Waals surface area contributed by atoms with Crippen molar-refractivity contribution in [3.8, 4) is 0 Å². The van der Waals surface area contributed by atoms with Gasteiger partial charge in [-0.15, -0.1) is 0 Å². The molecule has 84 valence electrons. The Morgan fingerprint density at radius 2 is 2.29 bits per heavy atom. The highest BCUT2D eigenvalue weighted by molar-refractivity contribution is 7.88. The van der Waals surface area contributed by atoms with E-state index in [0.29, 0.717) is 19.7 Å². The fourth-order valence-electron chi connectivity index (χ4n) is 1.47. The van der Waals surface area contributed by atoms with Crippen LogP contribution in [0, 0.1) is 0 Å². The Hall–Kier alpha value is -0.170. The van der Waals surface area contributed by atoms with Crippen molar-refractivity contribution in [1.29, 1.82) is 0 Å². The molecule has 1 unspecified atom stereocenters. The molecule has 0 amide bonds. The third kappa shape index (κ3) is 3.53. The highest BCUT2D eigenvalue weighted by Gasteiger charge is 2.25. The van der Waals surface area contributed by atoms with Crippen LogP contribution in [0.1, 0.15) is 6.42 Å². The van der Waals surface area contributed by atoms with E-state index in [1.807, 2.05) is 7.05 Å². The third-order valence-corrected chi connectivity index (χ3v) is 3.56. The molecule has 0 bridgehead atoms. The van der Waals surface area contributed by atoms with Crippen molar-refractivity contribution < 1.29 is 13.2 Å². The van der Waals surface area contributed by atoms with Crippen LogP contribution in [-0.2, 0) is 14.8 Å². The highest BCUT2D eigenvalue weighted by atomic mass is 32.2.